The minimum absolute atomic E-state index is 0.435. The average molecular weight is 294 g/mol. The van der Waals surface area contributed by atoms with Crippen molar-refractivity contribution in [3.05, 3.63) is 47.2 Å². The molecule has 0 aliphatic carbocycles. The Hall–Kier alpha value is -1.10. The molecule has 1 aromatic carbocycles. The Morgan fingerprint density at radius 2 is 2.00 bits per heavy atom. The van der Waals surface area contributed by atoms with E-state index in [1.54, 1.807) is 24.2 Å². The van der Waals surface area contributed by atoms with Crippen molar-refractivity contribution in [1.82, 2.24) is 15.3 Å². The second-order valence-electron chi connectivity index (χ2n) is 4.42. The zero-order valence-electron chi connectivity index (χ0n) is 10.9. The van der Waals surface area contributed by atoms with Crippen LogP contribution in [0.1, 0.15) is 19.4 Å². The summed E-state index contributed by atoms with van der Waals surface area (Å²) in [6.45, 7) is 5.03. The van der Waals surface area contributed by atoms with Crippen LogP contribution >= 0.6 is 23.4 Å². The molecule has 3 nitrogen and oxygen atoms in total. The zero-order valence-corrected chi connectivity index (χ0v) is 12.5. The van der Waals surface area contributed by atoms with E-state index in [-0.39, 0.29) is 0 Å². The van der Waals surface area contributed by atoms with Gasteiger partial charge in [-0.2, -0.15) is 0 Å². The van der Waals surface area contributed by atoms with Gasteiger partial charge in [0.1, 0.15) is 0 Å². The van der Waals surface area contributed by atoms with Crippen LogP contribution in [-0.4, -0.2) is 16.0 Å². The minimum Gasteiger partial charge on any atom is -0.310 e. The van der Waals surface area contributed by atoms with Crippen LogP contribution in [-0.2, 0) is 6.54 Å². The van der Waals surface area contributed by atoms with E-state index in [0.717, 1.165) is 21.6 Å². The summed E-state index contributed by atoms with van der Waals surface area (Å²) < 4.78 is 0. The SMILES string of the molecule is CC(C)NCc1cc(Cl)ccc1Sc1ncccn1. The van der Waals surface area contributed by atoms with Gasteiger partial charge in [0.25, 0.3) is 0 Å². The highest BCUT2D eigenvalue weighted by Crippen LogP contribution is 2.29. The van der Waals surface area contributed by atoms with E-state index in [1.165, 1.54) is 5.56 Å². The summed E-state index contributed by atoms with van der Waals surface area (Å²) in [4.78, 5) is 9.59. The van der Waals surface area contributed by atoms with Gasteiger partial charge in [-0.3, -0.25) is 0 Å². The van der Waals surface area contributed by atoms with E-state index in [4.69, 9.17) is 11.6 Å². The molecule has 2 rings (SSSR count). The Morgan fingerprint density at radius 1 is 1.26 bits per heavy atom. The van der Waals surface area contributed by atoms with Gasteiger partial charge in [-0.25, -0.2) is 9.97 Å². The number of benzene rings is 1. The number of rotatable bonds is 5. The maximum atomic E-state index is 6.07. The summed E-state index contributed by atoms with van der Waals surface area (Å²) in [7, 11) is 0. The normalized spacial score (nSPS) is 10.9. The highest BCUT2D eigenvalue weighted by molar-refractivity contribution is 7.99. The molecule has 0 amide bonds. The third-order valence-electron chi connectivity index (χ3n) is 2.47. The third kappa shape index (κ3) is 4.49. The summed E-state index contributed by atoms with van der Waals surface area (Å²) in [5.41, 5.74) is 1.17. The Bertz CT molecular complexity index is 531. The number of nitrogens with zero attached hydrogens (tertiary/aromatic N) is 2. The standard InChI is InChI=1S/C14H16ClN3S/c1-10(2)18-9-11-8-12(15)4-5-13(11)19-14-16-6-3-7-17-14/h3-8,10,18H,9H2,1-2H3. The highest BCUT2D eigenvalue weighted by Gasteiger charge is 2.07. The fourth-order valence-corrected chi connectivity index (χ4v) is 2.55. The van der Waals surface area contributed by atoms with Crippen LogP contribution in [0.3, 0.4) is 0 Å². The molecule has 1 N–H and O–H groups in total. The number of nitrogens with one attached hydrogen (secondary N) is 1. The van der Waals surface area contributed by atoms with Crippen LogP contribution in [0.25, 0.3) is 0 Å². The number of hydrogen-bond acceptors (Lipinski definition) is 4. The summed E-state index contributed by atoms with van der Waals surface area (Å²) in [5, 5.41) is 4.90. The smallest absolute Gasteiger partial charge is 0.192 e. The molecule has 5 heteroatoms. The van der Waals surface area contributed by atoms with Gasteiger partial charge in [0, 0.05) is 34.9 Å². The van der Waals surface area contributed by atoms with Crippen molar-refractivity contribution in [2.75, 3.05) is 0 Å². The van der Waals surface area contributed by atoms with Crippen molar-refractivity contribution in [3.63, 3.8) is 0 Å². The van der Waals surface area contributed by atoms with Gasteiger partial charge >= 0.3 is 0 Å². The van der Waals surface area contributed by atoms with Gasteiger partial charge < -0.3 is 5.32 Å². The Kier molecular flexibility index (Phi) is 5.19. The molecule has 0 radical (unpaired) electrons. The van der Waals surface area contributed by atoms with Crippen LogP contribution in [0.5, 0.6) is 0 Å². The minimum atomic E-state index is 0.435. The van der Waals surface area contributed by atoms with Crippen molar-refractivity contribution in [2.45, 2.75) is 36.5 Å². The van der Waals surface area contributed by atoms with E-state index in [0.29, 0.717) is 6.04 Å². The lowest BCUT2D eigenvalue weighted by Crippen LogP contribution is -2.22. The predicted molar refractivity (Wildman–Crippen MR) is 79.6 cm³/mol. The lowest BCUT2D eigenvalue weighted by molar-refractivity contribution is 0.584. The van der Waals surface area contributed by atoms with E-state index in [2.05, 4.69) is 29.1 Å². The van der Waals surface area contributed by atoms with Crippen molar-refractivity contribution < 1.29 is 0 Å². The molecule has 0 atom stereocenters. The Balaban J connectivity index is 2.19. The summed E-state index contributed by atoms with van der Waals surface area (Å²) in [6.07, 6.45) is 3.49. The molecule has 19 heavy (non-hydrogen) atoms. The first kappa shape index (κ1) is 14.3. The predicted octanol–water partition coefficient (Wildman–Crippen LogP) is 3.78. The monoisotopic (exact) mass is 293 g/mol. The largest absolute Gasteiger partial charge is 0.310 e. The first-order valence-electron chi connectivity index (χ1n) is 6.12. The molecule has 0 saturated heterocycles. The number of aromatic nitrogens is 2. The van der Waals surface area contributed by atoms with Gasteiger partial charge in [-0.1, -0.05) is 25.4 Å². The lowest BCUT2D eigenvalue weighted by atomic mass is 10.2. The van der Waals surface area contributed by atoms with Crippen molar-refractivity contribution in [3.8, 4) is 0 Å². The molecular formula is C14H16ClN3S. The summed E-state index contributed by atoms with van der Waals surface area (Å²) >= 11 is 7.62. The molecule has 2 aromatic rings. The average Bonchev–Trinajstić information content (AvgIpc) is 2.40. The first-order chi connectivity index (χ1) is 9.15. The van der Waals surface area contributed by atoms with Gasteiger partial charge in [-0.05, 0) is 41.6 Å². The lowest BCUT2D eigenvalue weighted by Gasteiger charge is -2.12. The van der Waals surface area contributed by atoms with Crippen molar-refractivity contribution in [1.29, 1.82) is 0 Å². The molecule has 0 spiro atoms. The maximum absolute atomic E-state index is 6.07. The molecule has 0 saturated carbocycles. The highest BCUT2D eigenvalue weighted by atomic mass is 35.5. The van der Waals surface area contributed by atoms with Crippen LogP contribution in [0, 0.1) is 0 Å². The van der Waals surface area contributed by atoms with Gasteiger partial charge in [-0.15, -0.1) is 0 Å². The molecule has 1 aromatic heterocycles. The van der Waals surface area contributed by atoms with E-state index < -0.39 is 0 Å². The van der Waals surface area contributed by atoms with Crippen molar-refractivity contribution in [2.24, 2.45) is 0 Å². The van der Waals surface area contributed by atoms with E-state index in [1.807, 2.05) is 24.3 Å². The zero-order chi connectivity index (χ0) is 13.7. The fourth-order valence-electron chi connectivity index (χ4n) is 1.54. The van der Waals surface area contributed by atoms with Crippen LogP contribution in [0.15, 0.2) is 46.7 Å². The molecule has 0 fully saturated rings. The number of halogens is 1. The molecule has 0 aliphatic rings. The van der Waals surface area contributed by atoms with Crippen LogP contribution in [0.4, 0.5) is 0 Å². The molecule has 100 valence electrons. The Labute approximate surface area is 122 Å². The van der Waals surface area contributed by atoms with Crippen LogP contribution < -0.4 is 5.32 Å². The van der Waals surface area contributed by atoms with E-state index >= 15 is 0 Å². The summed E-state index contributed by atoms with van der Waals surface area (Å²) in [6, 6.07) is 8.15. The fraction of sp³-hybridized carbons (Fsp3) is 0.286. The second-order valence-corrected chi connectivity index (χ2v) is 5.87. The first-order valence-corrected chi connectivity index (χ1v) is 7.31. The topological polar surface area (TPSA) is 37.8 Å². The molecular weight excluding hydrogens is 278 g/mol. The quantitative estimate of drug-likeness (QED) is 0.852. The third-order valence-corrected chi connectivity index (χ3v) is 3.71. The molecule has 0 bridgehead atoms. The second kappa shape index (κ2) is 6.89. The van der Waals surface area contributed by atoms with Gasteiger partial charge in [0.05, 0.1) is 0 Å². The Morgan fingerprint density at radius 3 is 2.68 bits per heavy atom. The summed E-state index contributed by atoms with van der Waals surface area (Å²) in [5.74, 6) is 0. The van der Waals surface area contributed by atoms with Crippen LogP contribution in [0.2, 0.25) is 5.02 Å². The van der Waals surface area contributed by atoms with E-state index in [9.17, 15) is 0 Å². The van der Waals surface area contributed by atoms with Gasteiger partial charge in [0.2, 0.25) is 0 Å². The van der Waals surface area contributed by atoms with Gasteiger partial charge in [0.15, 0.2) is 5.16 Å². The molecule has 1 heterocycles. The van der Waals surface area contributed by atoms with Crippen molar-refractivity contribution >= 4 is 23.4 Å². The molecule has 0 unspecified atom stereocenters. The molecule has 0 aliphatic heterocycles. The maximum Gasteiger partial charge on any atom is 0.192 e. The number of hydrogen-bond donors (Lipinski definition) is 1.